The van der Waals surface area contributed by atoms with Gasteiger partial charge in [-0.3, -0.25) is 4.79 Å². The molecule has 94 valence electrons. The lowest BCUT2D eigenvalue weighted by Gasteiger charge is -2.29. The van der Waals surface area contributed by atoms with Gasteiger partial charge >= 0.3 is 0 Å². The topological polar surface area (TPSA) is 45.2 Å². The summed E-state index contributed by atoms with van der Waals surface area (Å²) < 4.78 is 0.808. The van der Waals surface area contributed by atoms with Gasteiger partial charge in [0.05, 0.1) is 0 Å². The highest BCUT2D eigenvalue weighted by molar-refractivity contribution is 9.10. The molecule has 0 aromatic carbocycles. The third-order valence-corrected chi connectivity index (χ3v) is 4.34. The van der Waals surface area contributed by atoms with Gasteiger partial charge in [0.1, 0.15) is 10.6 Å². The molecular weight excluding hydrogens is 302 g/mol. The van der Waals surface area contributed by atoms with Crippen LogP contribution in [0.2, 0.25) is 0 Å². The lowest BCUT2D eigenvalue weighted by Crippen LogP contribution is -2.43. The maximum Gasteiger partial charge on any atom is 0.244 e. The van der Waals surface area contributed by atoms with E-state index in [0.717, 1.165) is 35.7 Å². The molecule has 1 unspecified atom stereocenters. The van der Waals surface area contributed by atoms with Crippen molar-refractivity contribution < 1.29 is 4.79 Å². The van der Waals surface area contributed by atoms with E-state index in [2.05, 4.69) is 26.2 Å². The van der Waals surface area contributed by atoms with E-state index in [-0.39, 0.29) is 11.9 Å². The Bertz CT molecular complexity index is 390. The number of nitrogens with zero attached hydrogens (tertiary/aromatic N) is 2. The number of anilines is 1. The molecule has 2 rings (SSSR count). The van der Waals surface area contributed by atoms with Crippen molar-refractivity contribution in [1.82, 2.24) is 9.88 Å². The quantitative estimate of drug-likeness (QED) is 0.932. The molecule has 1 N–H and O–H groups in total. The van der Waals surface area contributed by atoms with Crippen LogP contribution in [-0.4, -0.2) is 34.9 Å². The number of aromatic nitrogens is 1. The monoisotopic (exact) mass is 317 g/mol. The van der Waals surface area contributed by atoms with E-state index in [1.54, 1.807) is 0 Å². The summed E-state index contributed by atoms with van der Waals surface area (Å²) in [7, 11) is 0. The number of rotatable bonds is 3. The van der Waals surface area contributed by atoms with E-state index in [0.29, 0.717) is 0 Å². The molecule has 6 heteroatoms. The van der Waals surface area contributed by atoms with Gasteiger partial charge in [0.25, 0.3) is 0 Å². The van der Waals surface area contributed by atoms with Gasteiger partial charge in [-0.05, 0) is 42.1 Å². The predicted octanol–water partition coefficient (Wildman–Crippen LogP) is 2.72. The molecule has 0 saturated carbocycles. The van der Waals surface area contributed by atoms with E-state index in [1.165, 1.54) is 17.8 Å². The smallest absolute Gasteiger partial charge is 0.244 e. The molecule has 1 amide bonds. The molecule has 17 heavy (non-hydrogen) atoms. The molecule has 1 aromatic heterocycles. The second kappa shape index (κ2) is 5.82. The first kappa shape index (κ1) is 12.8. The Morgan fingerprint density at radius 3 is 2.82 bits per heavy atom. The van der Waals surface area contributed by atoms with Gasteiger partial charge in [-0.15, -0.1) is 11.3 Å². The fraction of sp³-hybridized carbons (Fsp3) is 0.636. The van der Waals surface area contributed by atoms with Crippen LogP contribution < -0.4 is 5.32 Å². The summed E-state index contributed by atoms with van der Waals surface area (Å²) in [5.41, 5.74) is 0. The van der Waals surface area contributed by atoms with Gasteiger partial charge in [0.15, 0.2) is 5.13 Å². The highest BCUT2D eigenvalue weighted by Gasteiger charge is 2.22. The number of hydrogen-bond acceptors (Lipinski definition) is 4. The van der Waals surface area contributed by atoms with Gasteiger partial charge in [-0.2, -0.15) is 0 Å². The number of hydrogen-bond donors (Lipinski definition) is 1. The molecule has 0 radical (unpaired) electrons. The zero-order valence-corrected chi connectivity index (χ0v) is 12.2. The molecule has 1 aliphatic rings. The van der Waals surface area contributed by atoms with Crippen molar-refractivity contribution in [2.75, 3.05) is 18.4 Å². The lowest BCUT2D eigenvalue weighted by atomic mass is 10.1. The Kier molecular flexibility index (Phi) is 4.39. The van der Waals surface area contributed by atoms with Crippen LogP contribution in [0.1, 0.15) is 26.2 Å². The van der Waals surface area contributed by atoms with Gasteiger partial charge in [-0.1, -0.05) is 0 Å². The maximum atomic E-state index is 12.1. The second-order valence-corrected chi connectivity index (χ2v) is 5.90. The molecule has 0 spiro atoms. The van der Waals surface area contributed by atoms with Crippen molar-refractivity contribution in [3.05, 3.63) is 9.98 Å². The minimum atomic E-state index is -0.203. The zero-order valence-electron chi connectivity index (χ0n) is 9.78. The maximum absolute atomic E-state index is 12.1. The normalized spacial score (nSPS) is 17.9. The van der Waals surface area contributed by atoms with Crippen LogP contribution in [0.25, 0.3) is 0 Å². The first-order valence-electron chi connectivity index (χ1n) is 5.83. The van der Waals surface area contributed by atoms with E-state index < -0.39 is 0 Å². The molecule has 0 bridgehead atoms. The third-order valence-electron chi connectivity index (χ3n) is 2.85. The van der Waals surface area contributed by atoms with Crippen LogP contribution in [0.4, 0.5) is 5.13 Å². The molecule has 1 fully saturated rings. The average Bonchev–Trinajstić information content (AvgIpc) is 2.75. The number of halogens is 1. The van der Waals surface area contributed by atoms with E-state index in [4.69, 9.17) is 0 Å². The summed E-state index contributed by atoms with van der Waals surface area (Å²) in [6.07, 6.45) is 3.49. The highest BCUT2D eigenvalue weighted by atomic mass is 79.9. The number of likely N-dealkylation sites (tertiary alicyclic amines) is 1. The standard InChI is InChI=1S/C11H16BrN3OS/c1-8(13-11-14-9(12)7-17-11)10(16)15-5-3-2-4-6-15/h7-8H,2-6H2,1H3,(H,13,14). The van der Waals surface area contributed by atoms with Crippen LogP contribution >= 0.6 is 27.3 Å². The Morgan fingerprint density at radius 2 is 2.24 bits per heavy atom. The number of thiazole rings is 1. The van der Waals surface area contributed by atoms with Crippen molar-refractivity contribution in [3.8, 4) is 0 Å². The number of carbonyl (C=O) groups is 1. The van der Waals surface area contributed by atoms with E-state index in [1.807, 2.05) is 17.2 Å². The third kappa shape index (κ3) is 3.42. The van der Waals surface area contributed by atoms with Crippen LogP contribution in [0.5, 0.6) is 0 Å². The van der Waals surface area contributed by atoms with Gasteiger partial charge < -0.3 is 10.2 Å². The van der Waals surface area contributed by atoms with Crippen molar-refractivity contribution in [2.24, 2.45) is 0 Å². The largest absolute Gasteiger partial charge is 0.350 e. The van der Waals surface area contributed by atoms with Crippen molar-refractivity contribution in [3.63, 3.8) is 0 Å². The molecular formula is C11H16BrN3OS. The first-order valence-corrected chi connectivity index (χ1v) is 7.50. The molecule has 1 atom stereocenters. The minimum Gasteiger partial charge on any atom is -0.350 e. The summed E-state index contributed by atoms with van der Waals surface area (Å²) >= 11 is 4.80. The van der Waals surface area contributed by atoms with Crippen LogP contribution in [0.3, 0.4) is 0 Å². The Labute approximate surface area is 114 Å². The summed E-state index contributed by atoms with van der Waals surface area (Å²) in [6, 6.07) is -0.203. The van der Waals surface area contributed by atoms with Crippen molar-refractivity contribution in [2.45, 2.75) is 32.2 Å². The summed E-state index contributed by atoms with van der Waals surface area (Å²) in [5.74, 6) is 0.177. The van der Waals surface area contributed by atoms with Crippen LogP contribution in [0.15, 0.2) is 9.98 Å². The second-order valence-electron chi connectivity index (χ2n) is 4.23. The molecule has 2 heterocycles. The van der Waals surface area contributed by atoms with E-state index >= 15 is 0 Å². The zero-order chi connectivity index (χ0) is 12.3. The molecule has 4 nitrogen and oxygen atoms in total. The minimum absolute atomic E-state index is 0.177. The fourth-order valence-electron chi connectivity index (χ4n) is 1.96. The number of carbonyl (C=O) groups excluding carboxylic acids is 1. The Balaban J connectivity index is 1.90. The summed E-state index contributed by atoms with van der Waals surface area (Å²) in [4.78, 5) is 18.3. The van der Waals surface area contributed by atoms with Crippen molar-refractivity contribution in [1.29, 1.82) is 0 Å². The van der Waals surface area contributed by atoms with Gasteiger partial charge in [-0.25, -0.2) is 4.98 Å². The average molecular weight is 318 g/mol. The number of nitrogens with one attached hydrogen (secondary N) is 1. The van der Waals surface area contributed by atoms with Crippen LogP contribution in [-0.2, 0) is 4.79 Å². The van der Waals surface area contributed by atoms with Gasteiger partial charge in [0, 0.05) is 18.5 Å². The highest BCUT2D eigenvalue weighted by Crippen LogP contribution is 2.20. The lowest BCUT2D eigenvalue weighted by molar-refractivity contribution is -0.132. The van der Waals surface area contributed by atoms with Crippen LogP contribution in [0, 0.1) is 0 Å². The summed E-state index contributed by atoms with van der Waals surface area (Å²) in [5, 5.41) is 5.84. The SMILES string of the molecule is CC(Nc1nc(Br)cs1)C(=O)N1CCCCC1. The molecule has 1 saturated heterocycles. The first-order chi connectivity index (χ1) is 8.16. The molecule has 0 aliphatic carbocycles. The molecule has 1 aliphatic heterocycles. The molecule has 1 aromatic rings. The predicted molar refractivity (Wildman–Crippen MR) is 73.3 cm³/mol. The number of amides is 1. The number of piperidine rings is 1. The fourth-order valence-corrected chi connectivity index (χ4v) is 3.19. The van der Waals surface area contributed by atoms with Crippen molar-refractivity contribution >= 4 is 38.3 Å². The summed E-state index contributed by atoms with van der Waals surface area (Å²) in [6.45, 7) is 3.69. The van der Waals surface area contributed by atoms with Gasteiger partial charge in [0.2, 0.25) is 5.91 Å². The Morgan fingerprint density at radius 1 is 1.53 bits per heavy atom. The Hall–Kier alpha value is -0.620. The van der Waals surface area contributed by atoms with E-state index in [9.17, 15) is 4.79 Å².